The van der Waals surface area contributed by atoms with Crippen molar-refractivity contribution in [3.8, 4) is 0 Å². The fraction of sp³-hybridized carbons (Fsp3) is 1.00. The molecule has 0 aliphatic rings. The third-order valence-corrected chi connectivity index (χ3v) is 1.44. The second-order valence-electron chi connectivity index (χ2n) is 2.18. The van der Waals surface area contributed by atoms with E-state index in [4.69, 9.17) is 20.9 Å². The molecule has 0 bridgehead atoms. The number of rotatable bonds is 6. The zero-order valence-electron chi connectivity index (χ0n) is 7.30. The molecule has 0 aliphatic carbocycles. The van der Waals surface area contributed by atoms with E-state index in [2.05, 4.69) is 0 Å². The van der Waals surface area contributed by atoms with Crippen molar-refractivity contribution in [1.29, 1.82) is 0 Å². The third kappa shape index (κ3) is 3.16. The topological polar surface area (TPSA) is 70.5 Å². The second-order valence-corrected chi connectivity index (χ2v) is 2.18. The van der Waals surface area contributed by atoms with Crippen LogP contribution in [-0.2, 0) is 9.47 Å². The molecule has 0 fully saturated rings. The van der Waals surface area contributed by atoms with E-state index in [0.717, 1.165) is 0 Å². The molecule has 0 amide bonds. The van der Waals surface area contributed by atoms with Gasteiger partial charge in [-0.1, -0.05) is 0 Å². The van der Waals surface area contributed by atoms with Crippen LogP contribution in [-0.4, -0.2) is 32.1 Å². The van der Waals surface area contributed by atoms with Crippen LogP contribution < -0.4 is 11.5 Å². The van der Waals surface area contributed by atoms with Gasteiger partial charge in [0.2, 0.25) is 0 Å². The van der Waals surface area contributed by atoms with E-state index in [1.807, 2.05) is 13.8 Å². The van der Waals surface area contributed by atoms with Gasteiger partial charge in [0.25, 0.3) is 0 Å². The monoisotopic (exact) mass is 162 g/mol. The van der Waals surface area contributed by atoms with Crippen molar-refractivity contribution in [2.75, 3.05) is 26.3 Å². The van der Waals surface area contributed by atoms with Gasteiger partial charge in [0.1, 0.15) is 0 Å². The van der Waals surface area contributed by atoms with E-state index in [1.54, 1.807) is 0 Å². The molecule has 0 heterocycles. The van der Waals surface area contributed by atoms with Crippen molar-refractivity contribution in [2.45, 2.75) is 19.6 Å². The molecule has 4 heteroatoms. The van der Waals surface area contributed by atoms with Gasteiger partial charge in [0.05, 0.1) is 0 Å². The molecule has 68 valence electrons. The van der Waals surface area contributed by atoms with Crippen LogP contribution in [0.5, 0.6) is 0 Å². The fourth-order valence-corrected chi connectivity index (χ4v) is 0.887. The molecular formula is C7H18N2O2. The first-order valence-electron chi connectivity index (χ1n) is 3.92. The lowest BCUT2D eigenvalue weighted by molar-refractivity contribution is -0.218. The predicted octanol–water partition coefficient (Wildman–Crippen LogP) is -0.327. The first-order chi connectivity index (χ1) is 5.24. The van der Waals surface area contributed by atoms with Crippen LogP contribution in [0.2, 0.25) is 0 Å². The Morgan fingerprint density at radius 2 is 1.36 bits per heavy atom. The zero-order valence-corrected chi connectivity index (χ0v) is 7.30. The van der Waals surface area contributed by atoms with E-state index in [9.17, 15) is 0 Å². The first kappa shape index (κ1) is 10.8. The van der Waals surface area contributed by atoms with Gasteiger partial charge >= 0.3 is 0 Å². The standard InChI is InChI=1S/C7H18N2O2/c1-3-10-7(5-8,6-9)11-4-2/h3-6,8-9H2,1-2H3. The number of nitrogens with two attached hydrogens (primary N) is 2. The van der Waals surface area contributed by atoms with Gasteiger partial charge in [-0.15, -0.1) is 0 Å². The van der Waals surface area contributed by atoms with Gasteiger partial charge < -0.3 is 20.9 Å². The minimum Gasteiger partial charge on any atom is -0.348 e. The largest absolute Gasteiger partial charge is 0.348 e. The normalized spacial score (nSPS) is 12.0. The lowest BCUT2D eigenvalue weighted by Gasteiger charge is -2.30. The minimum absolute atomic E-state index is 0.297. The van der Waals surface area contributed by atoms with Gasteiger partial charge in [0.15, 0.2) is 5.79 Å². The van der Waals surface area contributed by atoms with E-state index < -0.39 is 5.79 Å². The number of hydrogen-bond acceptors (Lipinski definition) is 4. The van der Waals surface area contributed by atoms with Crippen molar-refractivity contribution in [1.82, 2.24) is 0 Å². The highest BCUT2D eigenvalue weighted by molar-refractivity contribution is 4.71. The zero-order chi connectivity index (χ0) is 8.74. The summed E-state index contributed by atoms with van der Waals surface area (Å²) in [6.07, 6.45) is 0. The van der Waals surface area contributed by atoms with Crippen molar-refractivity contribution < 1.29 is 9.47 Å². The van der Waals surface area contributed by atoms with Crippen LogP contribution in [0.15, 0.2) is 0 Å². The Hall–Kier alpha value is -0.160. The molecule has 4 N–H and O–H groups in total. The second kappa shape index (κ2) is 5.49. The summed E-state index contributed by atoms with van der Waals surface area (Å²) >= 11 is 0. The van der Waals surface area contributed by atoms with Crippen LogP contribution in [0.4, 0.5) is 0 Å². The van der Waals surface area contributed by atoms with Crippen LogP contribution in [0, 0.1) is 0 Å². The molecule has 0 aromatic heterocycles. The number of hydrogen-bond donors (Lipinski definition) is 2. The average Bonchev–Trinajstić information content (AvgIpc) is 2.04. The summed E-state index contributed by atoms with van der Waals surface area (Å²) in [5.41, 5.74) is 10.9. The van der Waals surface area contributed by atoms with Crippen LogP contribution in [0.1, 0.15) is 13.8 Å². The summed E-state index contributed by atoms with van der Waals surface area (Å²) in [6.45, 7) is 5.50. The van der Waals surface area contributed by atoms with Gasteiger partial charge in [-0.2, -0.15) is 0 Å². The Labute approximate surface area is 67.8 Å². The van der Waals surface area contributed by atoms with Crippen LogP contribution >= 0.6 is 0 Å². The summed E-state index contributed by atoms with van der Waals surface area (Å²) in [7, 11) is 0. The summed E-state index contributed by atoms with van der Waals surface area (Å²) < 4.78 is 10.6. The van der Waals surface area contributed by atoms with Crippen LogP contribution in [0.25, 0.3) is 0 Å². The third-order valence-electron chi connectivity index (χ3n) is 1.44. The van der Waals surface area contributed by atoms with Crippen molar-refractivity contribution in [3.05, 3.63) is 0 Å². The summed E-state index contributed by atoms with van der Waals surface area (Å²) in [4.78, 5) is 0. The highest BCUT2D eigenvalue weighted by Crippen LogP contribution is 2.08. The predicted molar refractivity (Wildman–Crippen MR) is 44.1 cm³/mol. The summed E-state index contributed by atoms with van der Waals surface area (Å²) in [5.74, 6) is -0.760. The molecule has 0 aromatic rings. The van der Waals surface area contributed by atoms with E-state index in [1.165, 1.54) is 0 Å². The van der Waals surface area contributed by atoms with Crippen molar-refractivity contribution in [3.63, 3.8) is 0 Å². The Morgan fingerprint density at radius 3 is 1.55 bits per heavy atom. The lowest BCUT2D eigenvalue weighted by atomic mass is 10.3. The minimum atomic E-state index is -0.760. The van der Waals surface area contributed by atoms with Gasteiger partial charge in [-0.05, 0) is 13.8 Å². The van der Waals surface area contributed by atoms with E-state index >= 15 is 0 Å². The van der Waals surface area contributed by atoms with Crippen LogP contribution in [0.3, 0.4) is 0 Å². The molecule has 0 aliphatic heterocycles. The SMILES string of the molecule is CCOC(CN)(CN)OCC. The Balaban J connectivity index is 3.96. The maximum Gasteiger partial charge on any atom is 0.192 e. The van der Waals surface area contributed by atoms with Gasteiger partial charge in [-0.25, -0.2) is 0 Å². The maximum atomic E-state index is 5.46. The molecule has 0 aromatic carbocycles. The molecule has 0 saturated heterocycles. The molecule has 0 spiro atoms. The molecule has 11 heavy (non-hydrogen) atoms. The Kier molecular flexibility index (Phi) is 5.41. The first-order valence-corrected chi connectivity index (χ1v) is 3.92. The fourth-order valence-electron chi connectivity index (χ4n) is 0.887. The van der Waals surface area contributed by atoms with Crippen molar-refractivity contribution >= 4 is 0 Å². The van der Waals surface area contributed by atoms with E-state index in [-0.39, 0.29) is 0 Å². The van der Waals surface area contributed by atoms with Gasteiger partial charge in [-0.3, -0.25) is 0 Å². The Bertz CT molecular complexity index is 86.4. The highest BCUT2D eigenvalue weighted by atomic mass is 16.7. The van der Waals surface area contributed by atoms with Crippen molar-refractivity contribution in [2.24, 2.45) is 11.5 Å². The summed E-state index contributed by atoms with van der Waals surface area (Å²) in [6, 6.07) is 0. The quantitative estimate of drug-likeness (QED) is 0.525. The highest BCUT2D eigenvalue weighted by Gasteiger charge is 2.27. The van der Waals surface area contributed by atoms with Gasteiger partial charge in [0, 0.05) is 26.3 Å². The average molecular weight is 162 g/mol. The summed E-state index contributed by atoms with van der Waals surface area (Å²) in [5, 5.41) is 0. The maximum absolute atomic E-state index is 5.46. The molecule has 0 saturated carbocycles. The number of ether oxygens (including phenoxy) is 2. The molecule has 0 radical (unpaired) electrons. The lowest BCUT2D eigenvalue weighted by Crippen LogP contribution is -2.49. The molecule has 0 unspecified atom stereocenters. The smallest absolute Gasteiger partial charge is 0.192 e. The molecular weight excluding hydrogens is 144 g/mol. The molecule has 4 nitrogen and oxygen atoms in total. The van der Waals surface area contributed by atoms with E-state index in [0.29, 0.717) is 26.3 Å². The molecule has 0 rings (SSSR count). The molecule has 0 atom stereocenters. The Morgan fingerprint density at radius 1 is 1.00 bits per heavy atom.